The highest BCUT2D eigenvalue weighted by Gasteiger charge is 2.50. The molecule has 166 valence electrons. The molecule has 10 heteroatoms. The molecule has 9 nitrogen and oxygen atoms in total. The van der Waals surface area contributed by atoms with Crippen molar-refractivity contribution in [1.82, 2.24) is 9.55 Å². The first-order valence-corrected chi connectivity index (χ1v) is 11.6. The highest BCUT2D eigenvalue weighted by molar-refractivity contribution is 7.54. The van der Waals surface area contributed by atoms with Crippen LogP contribution < -0.4 is 11.4 Å². The summed E-state index contributed by atoms with van der Waals surface area (Å²) < 4.78 is 26.0. The van der Waals surface area contributed by atoms with Gasteiger partial charge in [-0.05, 0) is 46.5 Å². The van der Waals surface area contributed by atoms with Gasteiger partial charge in [0.15, 0.2) is 5.34 Å². The second-order valence-corrected chi connectivity index (χ2v) is 10.5. The second kappa shape index (κ2) is 8.47. The van der Waals surface area contributed by atoms with Crippen LogP contribution in [0.5, 0.6) is 0 Å². The molecular formula is C19H34N3O6P. The molecule has 0 bridgehead atoms. The number of ether oxygens (including phenoxy) is 1. The van der Waals surface area contributed by atoms with Crippen LogP contribution in [0.3, 0.4) is 0 Å². The minimum Gasteiger partial charge on any atom is -0.383 e. The molecule has 6 unspecified atom stereocenters. The van der Waals surface area contributed by atoms with Crippen molar-refractivity contribution in [2.24, 2.45) is 5.92 Å². The average Bonchev–Trinajstić information content (AvgIpc) is 3.13. The topological polar surface area (TPSA) is 137 Å². The number of nitrogens with zero attached hydrogens (tertiary/aromatic N) is 2. The van der Waals surface area contributed by atoms with Crippen LogP contribution in [0.2, 0.25) is 0 Å². The van der Waals surface area contributed by atoms with Crippen LogP contribution in [0.1, 0.15) is 72.1 Å². The van der Waals surface area contributed by atoms with E-state index in [9.17, 15) is 19.4 Å². The van der Waals surface area contributed by atoms with E-state index in [0.29, 0.717) is 24.8 Å². The number of nitrogen functional groups attached to an aromatic ring is 1. The van der Waals surface area contributed by atoms with Crippen molar-refractivity contribution in [1.29, 1.82) is 0 Å². The lowest BCUT2D eigenvalue weighted by atomic mass is 9.83. The third kappa shape index (κ3) is 4.75. The van der Waals surface area contributed by atoms with Gasteiger partial charge in [-0.15, -0.1) is 0 Å². The first-order valence-electron chi connectivity index (χ1n) is 10.0. The zero-order valence-corrected chi connectivity index (χ0v) is 19.0. The summed E-state index contributed by atoms with van der Waals surface area (Å²) in [5.74, 6) is -0.0630. The highest BCUT2D eigenvalue weighted by atomic mass is 31.2. The molecule has 1 aromatic rings. The van der Waals surface area contributed by atoms with Crippen LogP contribution in [0.15, 0.2) is 11.0 Å². The summed E-state index contributed by atoms with van der Waals surface area (Å²) in [6, 6.07) is 0. The van der Waals surface area contributed by atoms with Crippen LogP contribution in [0, 0.1) is 12.8 Å². The van der Waals surface area contributed by atoms with E-state index in [1.165, 1.54) is 11.5 Å². The predicted molar refractivity (Wildman–Crippen MR) is 110 cm³/mol. The van der Waals surface area contributed by atoms with E-state index in [4.69, 9.17) is 15.0 Å². The highest BCUT2D eigenvalue weighted by Crippen LogP contribution is 2.59. The number of aliphatic hydroxyl groups is 1. The molecule has 6 atom stereocenters. The molecule has 0 aromatic carbocycles. The first kappa shape index (κ1) is 24.0. The Kier molecular flexibility index (Phi) is 7.02. The van der Waals surface area contributed by atoms with Crippen molar-refractivity contribution in [3.8, 4) is 0 Å². The molecule has 2 rings (SSSR count). The van der Waals surface area contributed by atoms with Gasteiger partial charge in [0.2, 0.25) is 0 Å². The summed E-state index contributed by atoms with van der Waals surface area (Å²) in [7, 11) is -4.30. The van der Waals surface area contributed by atoms with Gasteiger partial charge in [0.1, 0.15) is 12.0 Å². The molecule has 1 saturated heterocycles. The largest absolute Gasteiger partial charge is 0.383 e. The average molecular weight is 431 g/mol. The lowest BCUT2D eigenvalue weighted by Crippen LogP contribution is -2.43. The van der Waals surface area contributed by atoms with E-state index in [0.717, 1.165) is 0 Å². The van der Waals surface area contributed by atoms with Crippen molar-refractivity contribution in [2.75, 3.05) is 5.73 Å². The molecule has 1 aliphatic heterocycles. The van der Waals surface area contributed by atoms with Crippen molar-refractivity contribution in [3.05, 3.63) is 22.2 Å². The summed E-state index contributed by atoms with van der Waals surface area (Å²) in [6.07, 6.45) is 2.65. The first-order chi connectivity index (χ1) is 13.3. The van der Waals surface area contributed by atoms with Gasteiger partial charge in [-0.25, -0.2) is 4.79 Å². The maximum absolute atomic E-state index is 12.7. The molecule has 4 N–H and O–H groups in total. The molecule has 0 saturated carbocycles. The molecule has 0 amide bonds. The Morgan fingerprint density at radius 1 is 1.41 bits per heavy atom. The summed E-state index contributed by atoms with van der Waals surface area (Å²) in [6.45, 7) is 10.2. The minimum absolute atomic E-state index is 0.0867. The van der Waals surface area contributed by atoms with E-state index < -0.39 is 30.5 Å². The summed E-state index contributed by atoms with van der Waals surface area (Å²) in [5.41, 5.74) is 4.91. The molecule has 0 radical (unpaired) electrons. The van der Waals surface area contributed by atoms with Gasteiger partial charge in [-0.2, -0.15) is 4.98 Å². The van der Waals surface area contributed by atoms with Gasteiger partial charge in [-0.3, -0.25) is 13.7 Å². The van der Waals surface area contributed by atoms with Gasteiger partial charge in [0, 0.05) is 17.7 Å². The van der Waals surface area contributed by atoms with Crippen LogP contribution in [0.4, 0.5) is 5.82 Å². The SMILES string of the molecule is CCC(C)(OP(=O)(O)C(C)(O)CC)C(C)C1CCC(n2cc(C)c(N)nc2=O)O1. The second-order valence-electron chi connectivity index (χ2n) is 8.34. The fourth-order valence-electron chi connectivity index (χ4n) is 3.45. The molecule has 1 aliphatic rings. The maximum atomic E-state index is 12.7. The van der Waals surface area contributed by atoms with Gasteiger partial charge < -0.3 is 20.5 Å². The van der Waals surface area contributed by atoms with Gasteiger partial charge in [0.25, 0.3) is 0 Å². The third-order valence-electron chi connectivity index (χ3n) is 6.35. The number of aryl methyl sites for hydroxylation is 1. The van der Waals surface area contributed by atoms with E-state index in [1.54, 1.807) is 27.0 Å². The number of hydrogen-bond acceptors (Lipinski definition) is 7. The maximum Gasteiger partial charge on any atom is 0.359 e. The summed E-state index contributed by atoms with van der Waals surface area (Å²) in [4.78, 5) is 26.4. The number of nitrogens with two attached hydrogens (primary N) is 1. The quantitative estimate of drug-likeness (QED) is 0.534. The van der Waals surface area contributed by atoms with Crippen LogP contribution in [-0.4, -0.2) is 36.6 Å². The van der Waals surface area contributed by atoms with Crippen molar-refractivity contribution in [3.63, 3.8) is 0 Å². The Bertz CT molecular complexity index is 842. The van der Waals surface area contributed by atoms with Crippen molar-refractivity contribution in [2.45, 2.75) is 90.5 Å². The zero-order valence-electron chi connectivity index (χ0n) is 18.1. The molecule has 1 fully saturated rings. The number of hydrogen-bond donors (Lipinski definition) is 3. The van der Waals surface area contributed by atoms with Crippen molar-refractivity contribution < 1.29 is 23.8 Å². The zero-order chi connectivity index (χ0) is 22.2. The number of aromatic nitrogens is 2. The van der Waals surface area contributed by atoms with E-state index >= 15 is 0 Å². The Balaban J connectivity index is 2.21. The Morgan fingerprint density at radius 2 is 2.03 bits per heavy atom. The smallest absolute Gasteiger partial charge is 0.359 e. The lowest BCUT2D eigenvalue weighted by Gasteiger charge is -2.41. The Morgan fingerprint density at radius 3 is 2.59 bits per heavy atom. The fraction of sp³-hybridized carbons (Fsp3) is 0.789. The molecule has 2 heterocycles. The van der Waals surface area contributed by atoms with Crippen LogP contribution in [0.25, 0.3) is 0 Å². The number of rotatable bonds is 8. The van der Waals surface area contributed by atoms with Crippen LogP contribution in [-0.2, 0) is 13.8 Å². The van der Waals surface area contributed by atoms with Crippen molar-refractivity contribution >= 4 is 13.4 Å². The van der Waals surface area contributed by atoms with Crippen LogP contribution >= 0.6 is 7.60 Å². The standard InChI is InChI=1S/C19H34N3O6P/c1-7-18(5,28-29(25,26)19(6,24)8-2)13(4)14-9-10-15(27-14)22-11-12(3)16(20)21-17(22)23/h11,13-15,24H,7-10H2,1-6H3,(H,25,26)(H2,20,21,23). The molecule has 0 spiro atoms. The van der Waals surface area contributed by atoms with E-state index in [2.05, 4.69) is 4.98 Å². The molecule has 0 aliphatic carbocycles. The van der Waals surface area contributed by atoms with E-state index in [-0.39, 0.29) is 24.3 Å². The normalized spacial score (nSPS) is 27.0. The minimum atomic E-state index is -4.30. The Labute approximate surface area is 171 Å². The van der Waals surface area contributed by atoms with E-state index in [1.807, 2.05) is 13.8 Å². The molecule has 29 heavy (non-hydrogen) atoms. The monoisotopic (exact) mass is 431 g/mol. The third-order valence-corrected chi connectivity index (χ3v) is 8.55. The fourth-order valence-corrected chi connectivity index (χ4v) is 4.90. The van der Waals surface area contributed by atoms with Gasteiger partial charge in [-0.1, -0.05) is 20.8 Å². The molecular weight excluding hydrogens is 397 g/mol. The Hall–Kier alpha value is -1.25. The van der Waals surface area contributed by atoms with Gasteiger partial charge >= 0.3 is 13.3 Å². The van der Waals surface area contributed by atoms with Gasteiger partial charge in [0.05, 0.1) is 11.7 Å². The summed E-state index contributed by atoms with van der Waals surface area (Å²) >= 11 is 0. The predicted octanol–water partition coefficient (Wildman–Crippen LogP) is 2.94. The summed E-state index contributed by atoms with van der Waals surface area (Å²) in [5, 5.41) is 8.47. The lowest BCUT2D eigenvalue weighted by molar-refractivity contribution is -0.0885. The number of anilines is 1. The molecule has 1 aromatic heterocycles.